The third kappa shape index (κ3) is 4.19. The molecule has 1 aromatic rings. The number of amides is 1. The summed E-state index contributed by atoms with van der Waals surface area (Å²) in [5, 5.41) is 9.50. The number of aryl methyl sites for hydroxylation is 1. The SMILES string of the molecule is CCCN(CC)CCNC(=O)c1cn[nH]c1C. The third-order valence-electron chi connectivity index (χ3n) is 2.78. The maximum absolute atomic E-state index is 11.8. The van der Waals surface area contributed by atoms with Crippen molar-refractivity contribution in [1.29, 1.82) is 0 Å². The van der Waals surface area contributed by atoms with Crippen LogP contribution in [0.15, 0.2) is 6.20 Å². The van der Waals surface area contributed by atoms with E-state index in [1.165, 1.54) is 0 Å². The number of aromatic amines is 1. The normalized spacial score (nSPS) is 10.8. The van der Waals surface area contributed by atoms with Gasteiger partial charge in [0.15, 0.2) is 0 Å². The van der Waals surface area contributed by atoms with Crippen LogP contribution in [0.2, 0.25) is 0 Å². The number of hydrogen-bond acceptors (Lipinski definition) is 3. The summed E-state index contributed by atoms with van der Waals surface area (Å²) >= 11 is 0. The van der Waals surface area contributed by atoms with Crippen LogP contribution in [0, 0.1) is 6.92 Å². The van der Waals surface area contributed by atoms with Crippen LogP contribution in [0.1, 0.15) is 36.3 Å². The van der Waals surface area contributed by atoms with Gasteiger partial charge in [0.2, 0.25) is 0 Å². The lowest BCUT2D eigenvalue weighted by molar-refractivity contribution is 0.0948. The highest BCUT2D eigenvalue weighted by Crippen LogP contribution is 2.01. The van der Waals surface area contributed by atoms with Crippen LogP contribution in [0.5, 0.6) is 0 Å². The largest absolute Gasteiger partial charge is 0.351 e. The Kier molecular flexibility index (Phi) is 5.69. The molecule has 0 aliphatic heterocycles. The monoisotopic (exact) mass is 238 g/mol. The summed E-state index contributed by atoms with van der Waals surface area (Å²) in [6, 6.07) is 0. The molecule has 0 unspecified atom stereocenters. The standard InChI is InChI=1S/C12H22N4O/c1-4-7-16(5-2)8-6-13-12(17)11-9-14-15-10(11)3/h9H,4-8H2,1-3H3,(H,13,17)(H,14,15). The molecular weight excluding hydrogens is 216 g/mol. The van der Waals surface area contributed by atoms with E-state index < -0.39 is 0 Å². The topological polar surface area (TPSA) is 61.0 Å². The molecule has 1 aromatic heterocycles. The first kappa shape index (κ1) is 13.7. The van der Waals surface area contributed by atoms with Crippen LogP contribution in [0.3, 0.4) is 0 Å². The number of rotatable bonds is 7. The predicted molar refractivity (Wildman–Crippen MR) is 68.1 cm³/mol. The van der Waals surface area contributed by atoms with Crippen molar-refractivity contribution in [3.63, 3.8) is 0 Å². The number of aromatic nitrogens is 2. The Balaban J connectivity index is 2.31. The van der Waals surface area contributed by atoms with Gasteiger partial charge in [0.25, 0.3) is 5.91 Å². The molecule has 1 amide bonds. The van der Waals surface area contributed by atoms with Crippen LogP contribution in [0.25, 0.3) is 0 Å². The zero-order valence-corrected chi connectivity index (χ0v) is 10.9. The lowest BCUT2D eigenvalue weighted by Gasteiger charge is -2.19. The average molecular weight is 238 g/mol. The van der Waals surface area contributed by atoms with E-state index in [1.807, 2.05) is 6.92 Å². The van der Waals surface area contributed by atoms with E-state index in [1.54, 1.807) is 6.20 Å². The molecule has 5 nitrogen and oxygen atoms in total. The fourth-order valence-corrected chi connectivity index (χ4v) is 1.75. The van der Waals surface area contributed by atoms with Crippen molar-refractivity contribution in [3.05, 3.63) is 17.5 Å². The molecule has 0 aromatic carbocycles. The van der Waals surface area contributed by atoms with Gasteiger partial charge in [-0.1, -0.05) is 13.8 Å². The van der Waals surface area contributed by atoms with E-state index in [9.17, 15) is 4.79 Å². The molecule has 0 saturated heterocycles. The third-order valence-corrected chi connectivity index (χ3v) is 2.78. The molecule has 0 aliphatic rings. The van der Waals surface area contributed by atoms with Gasteiger partial charge < -0.3 is 10.2 Å². The molecule has 0 bridgehead atoms. The minimum atomic E-state index is -0.0520. The van der Waals surface area contributed by atoms with Crippen molar-refractivity contribution in [2.75, 3.05) is 26.2 Å². The van der Waals surface area contributed by atoms with Crippen molar-refractivity contribution < 1.29 is 4.79 Å². The zero-order valence-electron chi connectivity index (χ0n) is 10.9. The number of likely N-dealkylation sites (N-methyl/N-ethyl adjacent to an activating group) is 1. The summed E-state index contributed by atoms with van der Waals surface area (Å²) in [4.78, 5) is 14.1. The van der Waals surface area contributed by atoms with Gasteiger partial charge in [0.05, 0.1) is 11.8 Å². The second-order valence-corrected chi connectivity index (χ2v) is 4.10. The van der Waals surface area contributed by atoms with Gasteiger partial charge in [0, 0.05) is 18.8 Å². The minimum absolute atomic E-state index is 0.0520. The maximum Gasteiger partial charge on any atom is 0.254 e. The Morgan fingerprint density at radius 2 is 2.24 bits per heavy atom. The van der Waals surface area contributed by atoms with Crippen molar-refractivity contribution in [3.8, 4) is 0 Å². The van der Waals surface area contributed by atoms with Gasteiger partial charge in [-0.2, -0.15) is 5.10 Å². The van der Waals surface area contributed by atoms with Crippen LogP contribution >= 0.6 is 0 Å². The Labute approximate surface area is 103 Å². The first-order valence-electron chi connectivity index (χ1n) is 6.19. The van der Waals surface area contributed by atoms with E-state index in [0.717, 1.165) is 31.7 Å². The second-order valence-electron chi connectivity index (χ2n) is 4.10. The molecule has 17 heavy (non-hydrogen) atoms. The van der Waals surface area contributed by atoms with E-state index in [2.05, 4.69) is 34.3 Å². The molecule has 0 saturated carbocycles. The van der Waals surface area contributed by atoms with Gasteiger partial charge >= 0.3 is 0 Å². The Morgan fingerprint density at radius 1 is 1.47 bits per heavy atom. The zero-order chi connectivity index (χ0) is 12.7. The highest BCUT2D eigenvalue weighted by Gasteiger charge is 2.10. The number of nitrogens with zero attached hydrogens (tertiary/aromatic N) is 2. The van der Waals surface area contributed by atoms with Crippen molar-refractivity contribution in [2.45, 2.75) is 27.2 Å². The maximum atomic E-state index is 11.8. The molecule has 2 N–H and O–H groups in total. The first-order valence-corrected chi connectivity index (χ1v) is 6.19. The fraction of sp³-hybridized carbons (Fsp3) is 0.667. The molecular formula is C12H22N4O. The van der Waals surface area contributed by atoms with Gasteiger partial charge in [-0.05, 0) is 26.4 Å². The number of hydrogen-bond donors (Lipinski definition) is 2. The van der Waals surface area contributed by atoms with Gasteiger partial charge in [-0.25, -0.2) is 0 Å². The highest BCUT2D eigenvalue weighted by atomic mass is 16.1. The smallest absolute Gasteiger partial charge is 0.254 e. The van der Waals surface area contributed by atoms with Crippen LogP contribution in [0.4, 0.5) is 0 Å². The molecule has 0 radical (unpaired) electrons. The summed E-state index contributed by atoms with van der Waals surface area (Å²) in [6.07, 6.45) is 2.71. The van der Waals surface area contributed by atoms with Crippen molar-refractivity contribution in [1.82, 2.24) is 20.4 Å². The molecule has 1 heterocycles. The summed E-state index contributed by atoms with van der Waals surface area (Å²) in [5.41, 5.74) is 1.44. The van der Waals surface area contributed by atoms with E-state index in [4.69, 9.17) is 0 Å². The average Bonchev–Trinajstić information content (AvgIpc) is 2.74. The molecule has 96 valence electrons. The lowest BCUT2D eigenvalue weighted by atomic mass is 10.2. The quantitative estimate of drug-likeness (QED) is 0.750. The summed E-state index contributed by atoms with van der Waals surface area (Å²) < 4.78 is 0. The first-order chi connectivity index (χ1) is 8.19. The Bertz CT molecular complexity index is 348. The molecule has 0 fully saturated rings. The lowest BCUT2D eigenvalue weighted by Crippen LogP contribution is -2.35. The molecule has 0 aliphatic carbocycles. The van der Waals surface area contributed by atoms with Crippen LogP contribution in [-0.4, -0.2) is 47.2 Å². The number of carbonyl (C=O) groups is 1. The summed E-state index contributed by atoms with van der Waals surface area (Å²) in [5.74, 6) is -0.0520. The van der Waals surface area contributed by atoms with E-state index in [0.29, 0.717) is 12.1 Å². The number of nitrogens with one attached hydrogen (secondary N) is 2. The van der Waals surface area contributed by atoms with Gasteiger partial charge in [-0.3, -0.25) is 9.89 Å². The molecule has 0 atom stereocenters. The van der Waals surface area contributed by atoms with Gasteiger partial charge in [-0.15, -0.1) is 0 Å². The number of H-pyrrole nitrogens is 1. The Hall–Kier alpha value is -1.36. The molecule has 1 rings (SSSR count). The van der Waals surface area contributed by atoms with Crippen molar-refractivity contribution >= 4 is 5.91 Å². The fourth-order valence-electron chi connectivity index (χ4n) is 1.75. The molecule has 5 heteroatoms. The van der Waals surface area contributed by atoms with E-state index in [-0.39, 0.29) is 5.91 Å². The summed E-state index contributed by atoms with van der Waals surface area (Å²) in [6.45, 7) is 9.82. The predicted octanol–water partition coefficient (Wildman–Crippen LogP) is 1.18. The second kappa shape index (κ2) is 7.06. The molecule has 0 spiro atoms. The highest BCUT2D eigenvalue weighted by molar-refractivity contribution is 5.94. The number of carbonyl (C=O) groups excluding carboxylic acids is 1. The minimum Gasteiger partial charge on any atom is -0.351 e. The summed E-state index contributed by atoms with van der Waals surface area (Å²) in [7, 11) is 0. The van der Waals surface area contributed by atoms with Gasteiger partial charge in [0.1, 0.15) is 0 Å². The van der Waals surface area contributed by atoms with Crippen LogP contribution in [-0.2, 0) is 0 Å². The van der Waals surface area contributed by atoms with Crippen molar-refractivity contribution in [2.24, 2.45) is 0 Å². The van der Waals surface area contributed by atoms with E-state index >= 15 is 0 Å². The Morgan fingerprint density at radius 3 is 2.76 bits per heavy atom. The van der Waals surface area contributed by atoms with Crippen LogP contribution < -0.4 is 5.32 Å².